The summed E-state index contributed by atoms with van der Waals surface area (Å²) in [5.41, 5.74) is 0.951. The first kappa shape index (κ1) is 13.4. The molecule has 4 heteroatoms. The molecule has 90 valence electrons. The van der Waals surface area contributed by atoms with Gasteiger partial charge in [-0.15, -0.1) is 6.42 Å². The van der Waals surface area contributed by atoms with Gasteiger partial charge >= 0.3 is 5.97 Å². The van der Waals surface area contributed by atoms with Gasteiger partial charge in [0.1, 0.15) is 0 Å². The van der Waals surface area contributed by atoms with Crippen molar-refractivity contribution < 1.29 is 9.90 Å². The first-order chi connectivity index (χ1) is 8.10. The monoisotopic (exact) mass is 251 g/mol. The molecule has 0 atom stereocenters. The van der Waals surface area contributed by atoms with E-state index in [2.05, 4.69) is 12.8 Å². The summed E-state index contributed by atoms with van der Waals surface area (Å²) in [5.74, 6) is 1.55. The molecule has 1 aromatic carbocycles. The minimum Gasteiger partial charge on any atom is -0.478 e. The van der Waals surface area contributed by atoms with Gasteiger partial charge in [0, 0.05) is 12.2 Å². The molecule has 17 heavy (non-hydrogen) atoms. The topological polar surface area (TPSA) is 40.5 Å². The standard InChI is InChI=1S/C13H14ClNO2/c1-3-7-15(8-4-2)10-5-6-11(13(16)17)12(14)9-10/h1,5-6,9H,4,7-8H2,2H3,(H,16,17). The van der Waals surface area contributed by atoms with Crippen LogP contribution in [0.25, 0.3) is 0 Å². The Morgan fingerprint density at radius 2 is 2.29 bits per heavy atom. The summed E-state index contributed by atoms with van der Waals surface area (Å²) >= 11 is 5.91. The number of rotatable bonds is 5. The SMILES string of the molecule is C#CCN(CCC)c1ccc(C(=O)O)c(Cl)c1. The summed E-state index contributed by atoms with van der Waals surface area (Å²) in [6, 6.07) is 4.86. The van der Waals surface area contributed by atoms with Crippen LogP contribution in [0.15, 0.2) is 18.2 Å². The van der Waals surface area contributed by atoms with Crippen LogP contribution in [0.1, 0.15) is 23.7 Å². The smallest absolute Gasteiger partial charge is 0.337 e. The van der Waals surface area contributed by atoms with E-state index >= 15 is 0 Å². The van der Waals surface area contributed by atoms with E-state index in [4.69, 9.17) is 23.1 Å². The third-order valence-electron chi connectivity index (χ3n) is 2.32. The maximum atomic E-state index is 10.8. The van der Waals surface area contributed by atoms with Crippen molar-refractivity contribution >= 4 is 23.3 Å². The van der Waals surface area contributed by atoms with Crippen LogP contribution >= 0.6 is 11.6 Å². The number of benzene rings is 1. The Morgan fingerprint density at radius 1 is 1.59 bits per heavy atom. The molecule has 0 unspecified atom stereocenters. The van der Waals surface area contributed by atoms with E-state index < -0.39 is 5.97 Å². The van der Waals surface area contributed by atoms with Crippen LogP contribution < -0.4 is 4.90 Å². The van der Waals surface area contributed by atoms with Crippen LogP contribution in [0, 0.1) is 12.3 Å². The molecule has 0 spiro atoms. The van der Waals surface area contributed by atoms with Crippen LogP contribution in [0.3, 0.4) is 0 Å². The highest BCUT2D eigenvalue weighted by atomic mass is 35.5. The van der Waals surface area contributed by atoms with Crippen molar-refractivity contribution in [2.24, 2.45) is 0 Å². The molecule has 1 N–H and O–H groups in total. The number of carboxylic acid groups (broad SMARTS) is 1. The highest BCUT2D eigenvalue weighted by molar-refractivity contribution is 6.33. The van der Waals surface area contributed by atoms with Crippen molar-refractivity contribution in [2.45, 2.75) is 13.3 Å². The third kappa shape index (κ3) is 3.40. The van der Waals surface area contributed by atoms with Gasteiger partial charge in [0.2, 0.25) is 0 Å². The number of anilines is 1. The number of hydrogen-bond acceptors (Lipinski definition) is 2. The molecule has 1 rings (SSSR count). The highest BCUT2D eigenvalue weighted by Crippen LogP contribution is 2.23. The van der Waals surface area contributed by atoms with Gasteiger partial charge < -0.3 is 10.0 Å². The molecule has 1 aromatic rings. The van der Waals surface area contributed by atoms with Gasteiger partial charge in [-0.2, -0.15) is 0 Å². The number of carboxylic acids is 1. The fourth-order valence-electron chi connectivity index (χ4n) is 1.55. The predicted molar refractivity (Wildman–Crippen MR) is 69.7 cm³/mol. The fourth-order valence-corrected chi connectivity index (χ4v) is 1.81. The van der Waals surface area contributed by atoms with Crippen LogP contribution in [0.2, 0.25) is 5.02 Å². The van der Waals surface area contributed by atoms with E-state index in [0.717, 1.165) is 18.7 Å². The van der Waals surface area contributed by atoms with Gasteiger partial charge in [0.15, 0.2) is 0 Å². The molecular formula is C13H14ClNO2. The predicted octanol–water partition coefficient (Wildman–Crippen LogP) is 2.89. The van der Waals surface area contributed by atoms with Gasteiger partial charge in [0.25, 0.3) is 0 Å². The average Bonchev–Trinajstić information content (AvgIpc) is 2.28. The summed E-state index contributed by atoms with van der Waals surface area (Å²) < 4.78 is 0. The second-order valence-electron chi connectivity index (χ2n) is 3.59. The van der Waals surface area contributed by atoms with Crippen LogP contribution in [0.5, 0.6) is 0 Å². The first-order valence-corrected chi connectivity index (χ1v) is 5.69. The molecule has 0 saturated heterocycles. The maximum Gasteiger partial charge on any atom is 0.337 e. The van der Waals surface area contributed by atoms with E-state index in [1.54, 1.807) is 12.1 Å². The number of carbonyl (C=O) groups is 1. The number of aromatic carboxylic acids is 1. The Balaban J connectivity index is 3.02. The summed E-state index contributed by atoms with van der Waals surface area (Å²) in [6.07, 6.45) is 6.25. The summed E-state index contributed by atoms with van der Waals surface area (Å²) in [5, 5.41) is 9.10. The van der Waals surface area contributed by atoms with E-state index in [9.17, 15) is 4.79 Å². The van der Waals surface area contributed by atoms with Crippen molar-refractivity contribution in [3.05, 3.63) is 28.8 Å². The Bertz CT molecular complexity index is 451. The van der Waals surface area contributed by atoms with Crippen molar-refractivity contribution in [2.75, 3.05) is 18.0 Å². The molecule has 0 heterocycles. The molecule has 0 aliphatic rings. The Kier molecular flexibility index (Phi) is 4.86. The molecule has 0 radical (unpaired) electrons. The lowest BCUT2D eigenvalue weighted by molar-refractivity contribution is 0.0697. The van der Waals surface area contributed by atoms with Crippen LogP contribution in [-0.2, 0) is 0 Å². The Labute approximate surface area is 106 Å². The minimum absolute atomic E-state index is 0.104. The second kappa shape index (κ2) is 6.17. The Morgan fingerprint density at radius 3 is 2.76 bits per heavy atom. The maximum absolute atomic E-state index is 10.8. The molecule has 0 aliphatic carbocycles. The summed E-state index contributed by atoms with van der Waals surface area (Å²) in [4.78, 5) is 12.8. The normalized spacial score (nSPS) is 9.71. The van der Waals surface area contributed by atoms with E-state index in [0.29, 0.717) is 6.54 Å². The fraction of sp³-hybridized carbons (Fsp3) is 0.308. The van der Waals surface area contributed by atoms with Crippen molar-refractivity contribution in [3.63, 3.8) is 0 Å². The Hall–Kier alpha value is -1.66. The number of halogens is 1. The molecule has 0 saturated carbocycles. The van der Waals surface area contributed by atoms with Gasteiger partial charge in [-0.25, -0.2) is 4.79 Å². The van der Waals surface area contributed by atoms with Crippen molar-refractivity contribution in [1.29, 1.82) is 0 Å². The quantitative estimate of drug-likeness (QED) is 0.818. The molecule has 3 nitrogen and oxygen atoms in total. The zero-order valence-electron chi connectivity index (χ0n) is 9.61. The van der Waals surface area contributed by atoms with Crippen LogP contribution in [0.4, 0.5) is 5.69 Å². The van der Waals surface area contributed by atoms with E-state index in [-0.39, 0.29) is 10.6 Å². The van der Waals surface area contributed by atoms with Gasteiger partial charge in [-0.1, -0.05) is 24.4 Å². The van der Waals surface area contributed by atoms with Crippen molar-refractivity contribution in [3.8, 4) is 12.3 Å². The minimum atomic E-state index is -1.03. The number of nitrogens with zero attached hydrogens (tertiary/aromatic N) is 1. The zero-order chi connectivity index (χ0) is 12.8. The van der Waals surface area contributed by atoms with Crippen molar-refractivity contribution in [1.82, 2.24) is 0 Å². The highest BCUT2D eigenvalue weighted by Gasteiger charge is 2.11. The van der Waals surface area contributed by atoms with Gasteiger partial charge in [0.05, 0.1) is 17.1 Å². The van der Waals surface area contributed by atoms with E-state index in [1.807, 2.05) is 4.90 Å². The molecule has 0 amide bonds. The third-order valence-corrected chi connectivity index (χ3v) is 2.64. The number of hydrogen-bond donors (Lipinski definition) is 1. The molecule has 0 fully saturated rings. The summed E-state index contributed by atoms with van der Waals surface area (Å²) in [7, 11) is 0. The lowest BCUT2D eigenvalue weighted by Crippen LogP contribution is -2.24. The molecule has 0 aromatic heterocycles. The van der Waals surface area contributed by atoms with Gasteiger partial charge in [-0.05, 0) is 24.6 Å². The molecule has 0 aliphatic heterocycles. The molecule has 0 bridgehead atoms. The average molecular weight is 252 g/mol. The summed E-state index contributed by atoms with van der Waals surface area (Å²) in [6.45, 7) is 3.35. The van der Waals surface area contributed by atoms with Crippen LogP contribution in [-0.4, -0.2) is 24.2 Å². The second-order valence-corrected chi connectivity index (χ2v) is 4.00. The lowest BCUT2D eigenvalue weighted by atomic mass is 10.2. The van der Waals surface area contributed by atoms with E-state index in [1.165, 1.54) is 6.07 Å². The lowest BCUT2D eigenvalue weighted by Gasteiger charge is -2.22. The first-order valence-electron chi connectivity index (χ1n) is 5.31. The largest absolute Gasteiger partial charge is 0.478 e. The zero-order valence-corrected chi connectivity index (χ0v) is 10.4. The molecular weight excluding hydrogens is 238 g/mol. The number of terminal acetylenes is 1. The van der Waals surface area contributed by atoms with Gasteiger partial charge in [-0.3, -0.25) is 0 Å².